The lowest BCUT2D eigenvalue weighted by molar-refractivity contribution is -0.389. The first-order chi connectivity index (χ1) is 6.60. The van der Waals surface area contributed by atoms with Crippen molar-refractivity contribution < 1.29 is 9.72 Å². The Morgan fingerprint density at radius 3 is 2.86 bits per heavy atom. The zero-order valence-corrected chi connectivity index (χ0v) is 8.01. The average Bonchev–Trinajstić information content (AvgIpc) is 2.60. The molecule has 0 aliphatic carbocycles. The maximum atomic E-state index is 10.6. The third-order valence-corrected chi connectivity index (χ3v) is 2.07. The number of nitrogens with zero attached hydrogens (tertiary/aromatic N) is 3. The highest BCUT2D eigenvalue weighted by molar-refractivity contribution is 5.73. The lowest BCUT2D eigenvalue weighted by atomic mass is 10.2. The number of rotatable bonds is 4. The Hall–Kier alpha value is -1.72. The summed E-state index contributed by atoms with van der Waals surface area (Å²) in [5, 5.41) is 14.1. The first kappa shape index (κ1) is 10.4. The zero-order chi connectivity index (χ0) is 10.7. The highest BCUT2D eigenvalue weighted by atomic mass is 16.6. The molecular formula is C8H11N3O3. The second-order valence-electron chi connectivity index (χ2n) is 3.00. The Morgan fingerprint density at radius 1 is 1.79 bits per heavy atom. The highest BCUT2D eigenvalue weighted by Crippen LogP contribution is 2.17. The predicted octanol–water partition coefficient (Wildman–Crippen LogP) is 1.57. The molecule has 0 aliphatic rings. The predicted molar refractivity (Wildman–Crippen MR) is 49.3 cm³/mol. The second-order valence-corrected chi connectivity index (χ2v) is 3.00. The van der Waals surface area contributed by atoms with Gasteiger partial charge in [-0.2, -0.15) is 4.68 Å². The lowest BCUT2D eigenvalue weighted by Gasteiger charge is -2.04. The Kier molecular flexibility index (Phi) is 2.95. The van der Waals surface area contributed by atoms with Gasteiger partial charge < -0.3 is 10.1 Å². The maximum absolute atomic E-state index is 10.6. The van der Waals surface area contributed by atoms with Crippen LogP contribution in [0.5, 0.6) is 0 Å². The number of nitro groups is 1. The molecule has 0 radical (unpaired) electrons. The molecule has 0 fully saturated rings. The van der Waals surface area contributed by atoms with Crippen molar-refractivity contribution in [2.45, 2.75) is 26.3 Å². The molecular weight excluding hydrogens is 186 g/mol. The molecule has 0 aliphatic heterocycles. The van der Waals surface area contributed by atoms with E-state index >= 15 is 0 Å². The van der Waals surface area contributed by atoms with Crippen LogP contribution in [0.3, 0.4) is 0 Å². The lowest BCUT2D eigenvalue weighted by Crippen LogP contribution is -2.09. The summed E-state index contributed by atoms with van der Waals surface area (Å²) >= 11 is 0. The molecule has 1 atom stereocenters. The minimum absolute atomic E-state index is 0.0103. The molecule has 0 spiro atoms. The second kappa shape index (κ2) is 3.99. The van der Waals surface area contributed by atoms with Crippen molar-refractivity contribution in [3.05, 3.63) is 21.9 Å². The molecule has 0 amide bonds. The van der Waals surface area contributed by atoms with Gasteiger partial charge in [0.1, 0.15) is 5.69 Å². The monoisotopic (exact) mass is 197 g/mol. The van der Waals surface area contributed by atoms with Crippen LogP contribution >= 0.6 is 0 Å². The molecule has 0 N–H and O–H groups in total. The van der Waals surface area contributed by atoms with Crippen molar-refractivity contribution in [1.82, 2.24) is 9.78 Å². The van der Waals surface area contributed by atoms with Gasteiger partial charge in [0.2, 0.25) is 0 Å². The van der Waals surface area contributed by atoms with E-state index in [0.717, 1.165) is 6.42 Å². The summed E-state index contributed by atoms with van der Waals surface area (Å²) in [4.78, 5) is 20.4. The van der Waals surface area contributed by atoms with Crippen molar-refractivity contribution >= 4 is 12.1 Å². The van der Waals surface area contributed by atoms with E-state index < -0.39 is 4.92 Å². The number of hydrogen-bond donors (Lipinski definition) is 0. The summed E-state index contributed by atoms with van der Waals surface area (Å²) in [6, 6.07) is 1.17. The summed E-state index contributed by atoms with van der Waals surface area (Å²) in [7, 11) is 0. The molecule has 14 heavy (non-hydrogen) atoms. The van der Waals surface area contributed by atoms with Gasteiger partial charge in [0.15, 0.2) is 6.29 Å². The molecule has 1 aromatic rings. The minimum atomic E-state index is -0.605. The van der Waals surface area contributed by atoms with E-state index in [1.807, 2.05) is 13.8 Å². The van der Waals surface area contributed by atoms with E-state index in [0.29, 0.717) is 6.29 Å². The van der Waals surface area contributed by atoms with Gasteiger partial charge >= 0.3 is 5.82 Å². The van der Waals surface area contributed by atoms with Crippen LogP contribution < -0.4 is 0 Å². The van der Waals surface area contributed by atoms with Crippen LogP contribution in [-0.2, 0) is 0 Å². The number of hydrogen-bond acceptors (Lipinski definition) is 4. The summed E-state index contributed by atoms with van der Waals surface area (Å²) in [6.45, 7) is 3.77. The molecule has 76 valence electrons. The van der Waals surface area contributed by atoms with E-state index in [2.05, 4.69) is 5.10 Å². The molecule has 6 nitrogen and oxygen atoms in total. The van der Waals surface area contributed by atoms with Gasteiger partial charge in [-0.1, -0.05) is 6.92 Å². The smallest absolute Gasteiger partial charge is 0.358 e. The highest BCUT2D eigenvalue weighted by Gasteiger charge is 2.20. The van der Waals surface area contributed by atoms with Crippen molar-refractivity contribution in [1.29, 1.82) is 0 Å². The number of carbonyl (C=O) groups is 1. The largest absolute Gasteiger partial charge is 0.390 e. The van der Waals surface area contributed by atoms with Gasteiger partial charge in [0.25, 0.3) is 0 Å². The summed E-state index contributed by atoms with van der Waals surface area (Å²) in [5.41, 5.74) is 0.242. The fourth-order valence-corrected chi connectivity index (χ4v) is 1.10. The average molecular weight is 197 g/mol. The number of carbonyl (C=O) groups excluding carboxylic acids is 1. The van der Waals surface area contributed by atoms with Crippen molar-refractivity contribution in [2.24, 2.45) is 0 Å². The van der Waals surface area contributed by atoms with Crippen LogP contribution in [0.15, 0.2) is 6.07 Å². The zero-order valence-electron chi connectivity index (χ0n) is 8.01. The van der Waals surface area contributed by atoms with E-state index in [1.165, 1.54) is 10.7 Å². The van der Waals surface area contributed by atoms with Crippen LogP contribution in [0.2, 0.25) is 0 Å². The quantitative estimate of drug-likeness (QED) is 0.417. The summed E-state index contributed by atoms with van der Waals surface area (Å²) in [5.74, 6) is -0.285. The van der Waals surface area contributed by atoms with Gasteiger partial charge in [0.05, 0.1) is 17.2 Å². The Balaban J connectivity index is 3.14. The van der Waals surface area contributed by atoms with Crippen molar-refractivity contribution in [2.75, 3.05) is 0 Å². The molecule has 0 bridgehead atoms. The molecule has 1 heterocycles. The SMILES string of the molecule is CC[C@H](C)n1nc([N+](=O)[O-])cc1C=O. The Labute approximate surface area is 80.7 Å². The third kappa shape index (κ3) is 1.78. The number of aromatic nitrogens is 2. The standard InChI is InChI=1S/C8H11N3O3/c1-3-6(2)10-7(5-12)4-8(9-10)11(13)14/h4-6H,3H2,1-2H3/t6-/m0/s1. The van der Waals surface area contributed by atoms with Crippen LogP contribution in [0, 0.1) is 10.1 Å². The maximum Gasteiger partial charge on any atom is 0.390 e. The van der Waals surface area contributed by atoms with Gasteiger partial charge in [-0.25, -0.2) is 0 Å². The van der Waals surface area contributed by atoms with E-state index in [4.69, 9.17) is 0 Å². The van der Waals surface area contributed by atoms with Gasteiger partial charge in [0, 0.05) is 0 Å². The minimum Gasteiger partial charge on any atom is -0.358 e. The Bertz CT molecular complexity index is 359. The fraction of sp³-hybridized carbons (Fsp3) is 0.500. The van der Waals surface area contributed by atoms with E-state index in [9.17, 15) is 14.9 Å². The third-order valence-electron chi connectivity index (χ3n) is 2.07. The van der Waals surface area contributed by atoms with Crippen LogP contribution in [-0.4, -0.2) is 21.0 Å². The summed E-state index contributed by atoms with van der Waals surface area (Å²) < 4.78 is 1.38. The van der Waals surface area contributed by atoms with E-state index in [1.54, 1.807) is 0 Å². The normalized spacial score (nSPS) is 12.4. The molecule has 0 aromatic carbocycles. The van der Waals surface area contributed by atoms with Crippen molar-refractivity contribution in [3.8, 4) is 0 Å². The molecule has 1 aromatic heterocycles. The van der Waals surface area contributed by atoms with Crippen LogP contribution in [0.25, 0.3) is 0 Å². The van der Waals surface area contributed by atoms with Gasteiger partial charge in [-0.3, -0.25) is 4.79 Å². The van der Waals surface area contributed by atoms with Gasteiger partial charge in [-0.15, -0.1) is 0 Å². The number of aldehydes is 1. The molecule has 6 heteroatoms. The molecule has 1 rings (SSSR count). The topological polar surface area (TPSA) is 78.0 Å². The van der Waals surface area contributed by atoms with Crippen molar-refractivity contribution in [3.63, 3.8) is 0 Å². The molecule has 0 saturated heterocycles. The van der Waals surface area contributed by atoms with Crippen LogP contribution in [0.1, 0.15) is 36.8 Å². The van der Waals surface area contributed by atoms with E-state index in [-0.39, 0.29) is 17.6 Å². The summed E-state index contributed by atoms with van der Waals surface area (Å²) in [6.07, 6.45) is 1.34. The fourth-order valence-electron chi connectivity index (χ4n) is 1.10. The Morgan fingerprint density at radius 2 is 2.43 bits per heavy atom. The first-order valence-electron chi connectivity index (χ1n) is 4.29. The van der Waals surface area contributed by atoms with Crippen LogP contribution in [0.4, 0.5) is 5.82 Å². The first-order valence-corrected chi connectivity index (χ1v) is 4.29. The molecule has 0 unspecified atom stereocenters. The van der Waals surface area contributed by atoms with Gasteiger partial charge in [-0.05, 0) is 18.3 Å². The molecule has 0 saturated carbocycles.